The fraction of sp³-hybridized carbons (Fsp3) is 0.222. The molecule has 0 N–H and O–H groups in total. The van der Waals surface area contributed by atoms with Crippen LogP contribution in [0.5, 0.6) is 0 Å². The minimum absolute atomic E-state index is 0.316. The normalized spacial score (nSPS) is 13.4. The Balaban J connectivity index is 4.98. The van der Waals surface area contributed by atoms with E-state index in [0.717, 1.165) is 0 Å². The Kier molecular flexibility index (Phi) is 5.75. The Labute approximate surface area is 91.0 Å². The van der Waals surface area contributed by atoms with Gasteiger partial charge in [-0.2, -0.15) is 0 Å². The average Bonchev–Trinajstić information content (AvgIpc) is 2.11. The lowest BCUT2D eigenvalue weighted by Crippen LogP contribution is -2.03. The molecule has 0 aliphatic rings. The van der Waals surface area contributed by atoms with Crippen molar-refractivity contribution in [2.45, 2.75) is 6.92 Å². The van der Waals surface area contributed by atoms with E-state index in [4.69, 9.17) is 11.6 Å². The zero-order chi connectivity index (χ0) is 10.4. The van der Waals surface area contributed by atoms with Crippen LogP contribution in [-0.4, -0.2) is 13.1 Å². The first kappa shape index (κ1) is 12.5. The SMILES string of the molecule is C=C/C(Br)=C\C(C(=O)OC)=C(/C)Cl. The van der Waals surface area contributed by atoms with Crippen molar-refractivity contribution in [1.82, 2.24) is 0 Å². The molecule has 0 radical (unpaired) electrons. The highest BCUT2D eigenvalue weighted by molar-refractivity contribution is 9.11. The third-order valence-electron chi connectivity index (χ3n) is 1.25. The quantitative estimate of drug-likeness (QED) is 0.445. The number of hydrogen-bond donors (Lipinski definition) is 0. The number of carbonyl (C=O) groups excluding carboxylic acids is 1. The molecule has 0 aromatic carbocycles. The first-order valence-corrected chi connectivity index (χ1v) is 4.64. The van der Waals surface area contributed by atoms with Crippen molar-refractivity contribution in [2.75, 3.05) is 7.11 Å². The van der Waals surface area contributed by atoms with Gasteiger partial charge >= 0.3 is 5.97 Å². The van der Waals surface area contributed by atoms with Crippen LogP contribution in [0, 0.1) is 0 Å². The van der Waals surface area contributed by atoms with Gasteiger partial charge in [-0.1, -0.05) is 40.2 Å². The van der Waals surface area contributed by atoms with E-state index in [0.29, 0.717) is 15.1 Å². The minimum atomic E-state index is -0.466. The summed E-state index contributed by atoms with van der Waals surface area (Å²) < 4.78 is 5.21. The summed E-state index contributed by atoms with van der Waals surface area (Å²) in [7, 11) is 1.30. The van der Waals surface area contributed by atoms with Gasteiger partial charge in [0.05, 0.1) is 12.7 Å². The molecular weight excluding hydrogens is 255 g/mol. The highest BCUT2D eigenvalue weighted by atomic mass is 79.9. The summed E-state index contributed by atoms with van der Waals surface area (Å²) in [5.41, 5.74) is 0.316. The Morgan fingerprint density at radius 3 is 2.46 bits per heavy atom. The van der Waals surface area contributed by atoms with E-state index in [2.05, 4.69) is 27.2 Å². The van der Waals surface area contributed by atoms with Crippen molar-refractivity contribution in [2.24, 2.45) is 0 Å². The lowest BCUT2D eigenvalue weighted by molar-refractivity contribution is -0.135. The van der Waals surface area contributed by atoms with Crippen LogP contribution in [-0.2, 0) is 9.53 Å². The maximum absolute atomic E-state index is 11.1. The van der Waals surface area contributed by atoms with Gasteiger partial charge in [-0.25, -0.2) is 4.79 Å². The van der Waals surface area contributed by atoms with Crippen molar-refractivity contribution in [3.63, 3.8) is 0 Å². The van der Waals surface area contributed by atoms with E-state index < -0.39 is 5.97 Å². The topological polar surface area (TPSA) is 26.3 Å². The molecule has 0 rings (SSSR count). The Morgan fingerprint density at radius 2 is 2.15 bits per heavy atom. The maximum atomic E-state index is 11.1. The zero-order valence-electron chi connectivity index (χ0n) is 7.43. The van der Waals surface area contributed by atoms with Crippen molar-refractivity contribution >= 4 is 33.5 Å². The number of allylic oxidation sites excluding steroid dienone is 3. The molecule has 0 unspecified atom stereocenters. The van der Waals surface area contributed by atoms with Crippen LogP contribution < -0.4 is 0 Å². The molecule has 2 nitrogen and oxygen atoms in total. The van der Waals surface area contributed by atoms with Gasteiger partial charge in [0, 0.05) is 9.51 Å². The molecule has 0 fully saturated rings. The summed E-state index contributed by atoms with van der Waals surface area (Å²) >= 11 is 8.88. The largest absolute Gasteiger partial charge is 0.465 e. The van der Waals surface area contributed by atoms with Gasteiger partial charge in [0.15, 0.2) is 0 Å². The number of methoxy groups -OCH3 is 1. The maximum Gasteiger partial charge on any atom is 0.339 e. The van der Waals surface area contributed by atoms with Gasteiger partial charge in [-0.3, -0.25) is 0 Å². The van der Waals surface area contributed by atoms with Gasteiger partial charge in [-0.15, -0.1) is 0 Å². The van der Waals surface area contributed by atoms with E-state index in [-0.39, 0.29) is 0 Å². The second-order valence-electron chi connectivity index (χ2n) is 2.17. The van der Waals surface area contributed by atoms with E-state index in [9.17, 15) is 4.79 Å². The molecule has 72 valence electrons. The molecule has 0 aromatic heterocycles. The molecule has 0 spiro atoms. The molecule has 0 heterocycles. The molecule has 0 saturated carbocycles. The summed E-state index contributed by atoms with van der Waals surface area (Å²) in [6, 6.07) is 0. The minimum Gasteiger partial charge on any atom is -0.465 e. The van der Waals surface area contributed by atoms with Gasteiger partial charge < -0.3 is 4.74 Å². The third-order valence-corrected chi connectivity index (χ3v) is 2.01. The summed E-state index contributed by atoms with van der Waals surface area (Å²) in [5, 5.41) is 0.380. The van der Waals surface area contributed by atoms with Crippen LogP contribution in [0.3, 0.4) is 0 Å². The smallest absolute Gasteiger partial charge is 0.339 e. The first-order chi connectivity index (χ1) is 6.02. The van der Waals surface area contributed by atoms with Crippen LogP contribution in [0.2, 0.25) is 0 Å². The van der Waals surface area contributed by atoms with E-state index in [1.807, 2.05) is 0 Å². The highest BCUT2D eigenvalue weighted by Gasteiger charge is 2.09. The zero-order valence-corrected chi connectivity index (χ0v) is 9.78. The van der Waals surface area contributed by atoms with Crippen molar-refractivity contribution in [3.05, 3.63) is 33.8 Å². The fourth-order valence-corrected chi connectivity index (χ4v) is 0.966. The lowest BCUT2D eigenvalue weighted by Gasteiger charge is -2.01. The molecule has 0 aliphatic carbocycles. The van der Waals surface area contributed by atoms with Gasteiger partial charge in [0.25, 0.3) is 0 Å². The van der Waals surface area contributed by atoms with Crippen LogP contribution in [0.4, 0.5) is 0 Å². The molecular formula is C9H10BrClO2. The average molecular weight is 266 g/mol. The summed E-state index contributed by atoms with van der Waals surface area (Å²) in [5.74, 6) is -0.466. The first-order valence-electron chi connectivity index (χ1n) is 3.47. The van der Waals surface area contributed by atoms with Crippen molar-refractivity contribution < 1.29 is 9.53 Å². The van der Waals surface area contributed by atoms with E-state index in [1.54, 1.807) is 19.1 Å². The van der Waals surface area contributed by atoms with Crippen molar-refractivity contribution in [1.29, 1.82) is 0 Å². The number of rotatable bonds is 3. The van der Waals surface area contributed by atoms with Gasteiger partial charge in [0.1, 0.15) is 0 Å². The molecule has 0 aliphatic heterocycles. The highest BCUT2D eigenvalue weighted by Crippen LogP contribution is 2.16. The van der Waals surface area contributed by atoms with E-state index in [1.165, 1.54) is 7.11 Å². The molecule has 0 aromatic rings. The number of hydrogen-bond acceptors (Lipinski definition) is 2. The number of esters is 1. The lowest BCUT2D eigenvalue weighted by atomic mass is 10.2. The molecule has 0 bridgehead atoms. The Bertz CT molecular complexity index is 275. The molecule has 0 amide bonds. The number of halogens is 2. The third kappa shape index (κ3) is 4.29. The monoisotopic (exact) mass is 264 g/mol. The Morgan fingerprint density at radius 1 is 1.62 bits per heavy atom. The predicted molar refractivity (Wildman–Crippen MR) is 57.8 cm³/mol. The predicted octanol–water partition coefficient (Wildman–Crippen LogP) is 3.14. The molecule has 0 saturated heterocycles. The van der Waals surface area contributed by atoms with Crippen molar-refractivity contribution in [3.8, 4) is 0 Å². The standard InChI is InChI=1S/C9H10BrClO2/c1-4-7(10)5-8(6(2)11)9(12)13-3/h4-5H,1H2,2-3H3/b7-5+,8-6-. The molecule has 4 heteroatoms. The van der Waals surface area contributed by atoms with Gasteiger partial charge in [0.2, 0.25) is 0 Å². The number of ether oxygens (including phenoxy) is 1. The Hall–Kier alpha value is -0.540. The fourth-order valence-electron chi connectivity index (χ4n) is 0.606. The molecule has 0 atom stereocenters. The van der Waals surface area contributed by atoms with Crippen LogP contribution in [0.25, 0.3) is 0 Å². The van der Waals surface area contributed by atoms with Gasteiger partial charge in [-0.05, 0) is 13.0 Å². The summed E-state index contributed by atoms with van der Waals surface area (Å²) in [6.07, 6.45) is 3.12. The molecule has 13 heavy (non-hydrogen) atoms. The van der Waals surface area contributed by atoms with Crippen LogP contribution in [0.1, 0.15) is 6.92 Å². The summed E-state index contributed by atoms with van der Waals surface area (Å²) in [4.78, 5) is 11.1. The second-order valence-corrected chi connectivity index (χ2v) is 3.65. The number of carbonyl (C=O) groups is 1. The van der Waals surface area contributed by atoms with Crippen LogP contribution in [0.15, 0.2) is 33.8 Å². The van der Waals surface area contributed by atoms with Crippen LogP contribution >= 0.6 is 27.5 Å². The second kappa shape index (κ2) is 6.00. The summed E-state index contributed by atoms with van der Waals surface area (Å²) in [6.45, 7) is 5.14. The van der Waals surface area contributed by atoms with E-state index >= 15 is 0 Å².